The van der Waals surface area contributed by atoms with Crippen molar-refractivity contribution in [2.75, 3.05) is 20.1 Å². The highest BCUT2D eigenvalue weighted by molar-refractivity contribution is 7.89. The lowest BCUT2D eigenvalue weighted by atomic mass is 10.4. The van der Waals surface area contributed by atoms with Gasteiger partial charge in [0.1, 0.15) is 10.6 Å². The molecule has 8 heteroatoms. The van der Waals surface area contributed by atoms with Gasteiger partial charge in [0.15, 0.2) is 0 Å². The first-order valence-electron chi connectivity index (χ1n) is 5.50. The third kappa shape index (κ3) is 3.31. The highest BCUT2D eigenvalue weighted by Gasteiger charge is 2.19. The number of aryl methyl sites for hydroxylation is 1. The number of aromatic nitrogens is 1. The Labute approximate surface area is 106 Å². The lowest BCUT2D eigenvalue weighted by molar-refractivity contribution is 0.0955. The summed E-state index contributed by atoms with van der Waals surface area (Å²) in [6.45, 7) is 0.698. The predicted molar refractivity (Wildman–Crippen MR) is 67.7 cm³/mol. The Hall–Kier alpha value is -1.38. The molecule has 0 radical (unpaired) electrons. The molecule has 1 aromatic rings. The van der Waals surface area contributed by atoms with Gasteiger partial charge in [0.05, 0.1) is 0 Å². The quantitative estimate of drug-likeness (QED) is 0.579. The first-order chi connectivity index (χ1) is 8.42. The summed E-state index contributed by atoms with van der Waals surface area (Å²) in [6, 6.07) is 1.34. The number of rotatable bonds is 6. The van der Waals surface area contributed by atoms with E-state index in [1.165, 1.54) is 23.9 Å². The van der Waals surface area contributed by atoms with Crippen molar-refractivity contribution >= 4 is 15.9 Å². The van der Waals surface area contributed by atoms with Gasteiger partial charge in [0.2, 0.25) is 10.0 Å². The number of nitrogens with one attached hydrogen (secondary N) is 2. The van der Waals surface area contributed by atoms with Crippen LogP contribution in [0.4, 0.5) is 0 Å². The van der Waals surface area contributed by atoms with Gasteiger partial charge in [-0.1, -0.05) is 0 Å². The molecule has 18 heavy (non-hydrogen) atoms. The van der Waals surface area contributed by atoms with E-state index in [0.717, 1.165) is 0 Å². The largest absolute Gasteiger partial charge is 0.354 e. The lowest BCUT2D eigenvalue weighted by Crippen LogP contribution is -2.26. The van der Waals surface area contributed by atoms with Crippen LogP contribution in [-0.4, -0.2) is 39.0 Å². The van der Waals surface area contributed by atoms with Crippen LogP contribution in [0.25, 0.3) is 0 Å². The SMILES string of the molecule is CNC(=O)c1cc(S(=O)(=O)NCCCN)cn1C. The summed E-state index contributed by atoms with van der Waals surface area (Å²) in [5, 5.41) is 2.45. The molecule has 0 atom stereocenters. The van der Waals surface area contributed by atoms with Gasteiger partial charge in [-0.3, -0.25) is 4.79 Å². The summed E-state index contributed by atoms with van der Waals surface area (Å²) in [7, 11) is -0.479. The third-order valence-electron chi connectivity index (χ3n) is 2.42. The smallest absolute Gasteiger partial charge is 0.267 e. The number of hydrogen-bond donors (Lipinski definition) is 3. The van der Waals surface area contributed by atoms with E-state index in [0.29, 0.717) is 13.0 Å². The van der Waals surface area contributed by atoms with E-state index in [1.54, 1.807) is 7.05 Å². The first-order valence-corrected chi connectivity index (χ1v) is 6.99. The number of sulfonamides is 1. The normalized spacial score (nSPS) is 11.5. The summed E-state index contributed by atoms with van der Waals surface area (Å²) in [4.78, 5) is 11.5. The van der Waals surface area contributed by atoms with Crippen LogP contribution in [0.5, 0.6) is 0 Å². The molecule has 0 saturated carbocycles. The second-order valence-corrected chi connectivity index (χ2v) is 5.56. The molecule has 0 saturated heterocycles. The van der Waals surface area contributed by atoms with Crippen LogP contribution in [-0.2, 0) is 17.1 Å². The van der Waals surface area contributed by atoms with Crippen LogP contribution in [0.2, 0.25) is 0 Å². The minimum Gasteiger partial charge on any atom is -0.354 e. The van der Waals surface area contributed by atoms with Crippen molar-refractivity contribution < 1.29 is 13.2 Å². The van der Waals surface area contributed by atoms with E-state index in [-0.39, 0.29) is 23.0 Å². The van der Waals surface area contributed by atoms with Gasteiger partial charge < -0.3 is 15.6 Å². The monoisotopic (exact) mass is 274 g/mol. The van der Waals surface area contributed by atoms with Crippen LogP contribution in [0.3, 0.4) is 0 Å². The number of hydrogen-bond acceptors (Lipinski definition) is 4. The summed E-state index contributed by atoms with van der Waals surface area (Å²) < 4.78 is 27.7. The zero-order valence-corrected chi connectivity index (χ0v) is 11.3. The van der Waals surface area contributed by atoms with Crippen LogP contribution in [0, 0.1) is 0 Å². The van der Waals surface area contributed by atoms with Crippen LogP contribution in [0.1, 0.15) is 16.9 Å². The van der Waals surface area contributed by atoms with E-state index in [1.807, 2.05) is 0 Å². The Morgan fingerprint density at radius 2 is 2.17 bits per heavy atom. The molecule has 0 aromatic carbocycles. The van der Waals surface area contributed by atoms with Crippen molar-refractivity contribution in [1.82, 2.24) is 14.6 Å². The van der Waals surface area contributed by atoms with Crippen LogP contribution in [0.15, 0.2) is 17.2 Å². The van der Waals surface area contributed by atoms with Gasteiger partial charge in [-0.2, -0.15) is 0 Å². The Kier molecular flexibility index (Phi) is 4.88. The molecule has 4 N–H and O–H groups in total. The molecular weight excluding hydrogens is 256 g/mol. The maximum Gasteiger partial charge on any atom is 0.267 e. The highest BCUT2D eigenvalue weighted by Crippen LogP contribution is 2.13. The molecule has 1 aromatic heterocycles. The van der Waals surface area contributed by atoms with Gasteiger partial charge in [-0.05, 0) is 19.0 Å². The average molecular weight is 274 g/mol. The fraction of sp³-hybridized carbons (Fsp3) is 0.500. The van der Waals surface area contributed by atoms with Gasteiger partial charge in [0, 0.05) is 26.8 Å². The molecule has 1 rings (SSSR count). The molecule has 0 unspecified atom stereocenters. The van der Waals surface area contributed by atoms with Gasteiger partial charge in [0.25, 0.3) is 5.91 Å². The van der Waals surface area contributed by atoms with Gasteiger partial charge in [-0.15, -0.1) is 0 Å². The third-order valence-corrected chi connectivity index (χ3v) is 3.85. The second-order valence-electron chi connectivity index (χ2n) is 3.79. The molecule has 1 amide bonds. The van der Waals surface area contributed by atoms with Crippen LogP contribution >= 0.6 is 0 Å². The van der Waals surface area contributed by atoms with Crippen molar-refractivity contribution in [3.05, 3.63) is 18.0 Å². The van der Waals surface area contributed by atoms with Gasteiger partial charge in [-0.25, -0.2) is 13.1 Å². The molecular formula is C10H18N4O3S. The Morgan fingerprint density at radius 3 is 2.72 bits per heavy atom. The Bertz CT molecular complexity index is 521. The number of nitrogens with two attached hydrogens (primary N) is 1. The molecule has 0 aliphatic rings. The molecule has 102 valence electrons. The molecule has 0 spiro atoms. The summed E-state index contributed by atoms with van der Waals surface area (Å²) in [6.07, 6.45) is 1.96. The zero-order valence-electron chi connectivity index (χ0n) is 10.4. The fourth-order valence-electron chi connectivity index (χ4n) is 1.43. The fourth-order valence-corrected chi connectivity index (χ4v) is 2.57. The number of nitrogens with zero attached hydrogens (tertiary/aromatic N) is 1. The van der Waals surface area contributed by atoms with E-state index >= 15 is 0 Å². The maximum atomic E-state index is 11.9. The second kappa shape index (κ2) is 5.98. The van der Waals surface area contributed by atoms with Crippen molar-refractivity contribution in [1.29, 1.82) is 0 Å². The van der Waals surface area contributed by atoms with E-state index in [4.69, 9.17) is 5.73 Å². The summed E-state index contributed by atoms with van der Waals surface area (Å²) >= 11 is 0. The number of amides is 1. The zero-order chi connectivity index (χ0) is 13.8. The van der Waals surface area contributed by atoms with E-state index in [2.05, 4.69) is 10.0 Å². The van der Waals surface area contributed by atoms with E-state index in [9.17, 15) is 13.2 Å². The van der Waals surface area contributed by atoms with Crippen molar-refractivity contribution in [2.24, 2.45) is 12.8 Å². The predicted octanol–water partition coefficient (Wildman–Crippen LogP) is -0.988. The Morgan fingerprint density at radius 1 is 1.50 bits per heavy atom. The first kappa shape index (κ1) is 14.7. The topological polar surface area (TPSA) is 106 Å². The molecule has 0 aliphatic carbocycles. The number of carbonyl (C=O) groups excluding carboxylic acids is 1. The minimum absolute atomic E-state index is 0.0700. The van der Waals surface area contributed by atoms with Crippen molar-refractivity contribution in [3.63, 3.8) is 0 Å². The molecule has 0 aliphatic heterocycles. The van der Waals surface area contributed by atoms with Crippen molar-refractivity contribution in [3.8, 4) is 0 Å². The minimum atomic E-state index is -3.58. The maximum absolute atomic E-state index is 11.9. The summed E-state index contributed by atoms with van der Waals surface area (Å²) in [5.74, 6) is -0.332. The molecule has 0 fully saturated rings. The highest BCUT2D eigenvalue weighted by atomic mass is 32.2. The van der Waals surface area contributed by atoms with Crippen molar-refractivity contribution in [2.45, 2.75) is 11.3 Å². The van der Waals surface area contributed by atoms with Crippen LogP contribution < -0.4 is 15.8 Å². The van der Waals surface area contributed by atoms with Gasteiger partial charge >= 0.3 is 0 Å². The molecule has 1 heterocycles. The number of carbonyl (C=O) groups is 1. The molecule has 0 bridgehead atoms. The molecule has 7 nitrogen and oxygen atoms in total. The van der Waals surface area contributed by atoms with E-state index < -0.39 is 10.0 Å². The summed E-state index contributed by atoms with van der Waals surface area (Å²) in [5.41, 5.74) is 5.58. The standard InChI is InChI=1S/C10H18N4O3S/c1-12-10(15)9-6-8(7-14(9)2)18(16,17)13-5-3-4-11/h6-7,13H,3-5,11H2,1-2H3,(H,12,15). The Balaban J connectivity index is 2.93. The average Bonchev–Trinajstić information content (AvgIpc) is 2.71. The lowest BCUT2D eigenvalue weighted by Gasteiger charge is -2.02.